The molecule has 0 saturated carbocycles. The topological polar surface area (TPSA) is 70.6 Å². The van der Waals surface area contributed by atoms with E-state index in [0.29, 0.717) is 23.6 Å². The lowest BCUT2D eigenvalue weighted by Crippen LogP contribution is -2.18. The number of anilines is 1. The van der Waals surface area contributed by atoms with Crippen LogP contribution in [0.2, 0.25) is 0 Å². The van der Waals surface area contributed by atoms with Crippen LogP contribution in [0.1, 0.15) is 36.2 Å². The summed E-state index contributed by atoms with van der Waals surface area (Å²) in [7, 11) is 0. The van der Waals surface area contributed by atoms with Crippen molar-refractivity contribution >= 4 is 23.7 Å². The van der Waals surface area contributed by atoms with Crippen LogP contribution >= 0.6 is 0 Å². The minimum atomic E-state index is -0.313. The molecule has 152 valence electrons. The molecular weight excluding hydrogens is 374 g/mol. The summed E-state index contributed by atoms with van der Waals surface area (Å²) in [4.78, 5) is 24.1. The molecule has 5 heteroatoms. The van der Waals surface area contributed by atoms with E-state index in [1.807, 2.05) is 56.3 Å². The minimum Gasteiger partial charge on any atom is -0.326 e. The largest absolute Gasteiger partial charge is 0.326 e. The first kappa shape index (κ1) is 21.0. The van der Waals surface area contributed by atoms with Crippen LogP contribution in [0.3, 0.4) is 0 Å². The zero-order valence-corrected chi connectivity index (χ0v) is 17.1. The van der Waals surface area contributed by atoms with Crippen LogP contribution < -0.4 is 10.7 Å². The summed E-state index contributed by atoms with van der Waals surface area (Å²) in [6, 6.07) is 24.8. The lowest BCUT2D eigenvalue weighted by atomic mass is 10.0. The summed E-state index contributed by atoms with van der Waals surface area (Å²) in [6.45, 7) is 3.98. The molecule has 0 bridgehead atoms. The Morgan fingerprint density at radius 3 is 2.13 bits per heavy atom. The van der Waals surface area contributed by atoms with E-state index < -0.39 is 0 Å². The molecule has 0 fully saturated rings. The first-order chi connectivity index (χ1) is 14.5. The van der Waals surface area contributed by atoms with Crippen molar-refractivity contribution in [3.8, 4) is 11.1 Å². The second kappa shape index (κ2) is 10.2. The first-order valence-corrected chi connectivity index (χ1v) is 9.90. The molecular formula is C25H25N3O2. The van der Waals surface area contributed by atoms with E-state index in [4.69, 9.17) is 0 Å². The zero-order chi connectivity index (χ0) is 21.3. The van der Waals surface area contributed by atoms with E-state index in [2.05, 4.69) is 28.0 Å². The molecule has 0 aliphatic heterocycles. The van der Waals surface area contributed by atoms with Gasteiger partial charge in [-0.25, -0.2) is 5.43 Å². The monoisotopic (exact) mass is 399 g/mol. The Morgan fingerprint density at radius 2 is 1.50 bits per heavy atom. The Labute approximate surface area is 176 Å². The number of nitrogens with zero attached hydrogens (tertiary/aromatic N) is 1. The van der Waals surface area contributed by atoms with Gasteiger partial charge in [0.2, 0.25) is 5.91 Å². The highest BCUT2D eigenvalue weighted by molar-refractivity contribution is 5.96. The standard InChI is InChI=1S/C25H25N3O2/c1-18(2)16-24(29)27-23-14-12-22(13-15-23)25(30)28-26-17-19-8-10-21(11-9-19)20-6-4-3-5-7-20/h3-15,17-18H,16H2,1-2H3,(H,27,29)(H,28,30). The van der Waals surface area contributed by atoms with Gasteiger partial charge in [-0.1, -0.05) is 68.4 Å². The number of carbonyl (C=O) groups excluding carboxylic acids is 2. The lowest BCUT2D eigenvalue weighted by Gasteiger charge is -2.07. The molecule has 0 spiro atoms. The van der Waals surface area contributed by atoms with Crippen molar-refractivity contribution in [1.82, 2.24) is 5.43 Å². The van der Waals surface area contributed by atoms with Gasteiger partial charge in [-0.05, 0) is 46.9 Å². The Balaban J connectivity index is 1.53. The summed E-state index contributed by atoms with van der Waals surface area (Å²) in [5, 5.41) is 6.85. The van der Waals surface area contributed by atoms with Gasteiger partial charge >= 0.3 is 0 Å². The van der Waals surface area contributed by atoms with Crippen molar-refractivity contribution in [3.05, 3.63) is 90.0 Å². The van der Waals surface area contributed by atoms with Crippen molar-refractivity contribution < 1.29 is 9.59 Å². The van der Waals surface area contributed by atoms with Crippen LogP contribution in [0.25, 0.3) is 11.1 Å². The van der Waals surface area contributed by atoms with Gasteiger partial charge in [0.25, 0.3) is 5.91 Å². The molecule has 3 aromatic carbocycles. The summed E-state index contributed by atoms with van der Waals surface area (Å²) in [5.41, 5.74) is 6.82. The second-order valence-corrected chi connectivity index (χ2v) is 7.41. The summed E-state index contributed by atoms with van der Waals surface area (Å²) in [5.74, 6) is -0.0558. The molecule has 3 rings (SSSR count). The maximum atomic E-state index is 12.2. The van der Waals surface area contributed by atoms with Gasteiger partial charge in [-0.2, -0.15) is 5.10 Å². The van der Waals surface area contributed by atoms with Gasteiger partial charge in [0, 0.05) is 17.7 Å². The summed E-state index contributed by atoms with van der Waals surface area (Å²) < 4.78 is 0. The molecule has 3 aromatic rings. The Kier molecular flexibility index (Phi) is 7.11. The Bertz CT molecular complexity index is 1010. The molecule has 0 radical (unpaired) electrons. The second-order valence-electron chi connectivity index (χ2n) is 7.41. The molecule has 0 unspecified atom stereocenters. The number of amides is 2. The minimum absolute atomic E-state index is 0.0370. The van der Waals surface area contributed by atoms with Gasteiger partial charge < -0.3 is 5.32 Å². The average Bonchev–Trinajstić information content (AvgIpc) is 2.75. The van der Waals surface area contributed by atoms with Crippen LogP contribution in [0.4, 0.5) is 5.69 Å². The van der Waals surface area contributed by atoms with Crippen LogP contribution in [0, 0.1) is 5.92 Å². The Morgan fingerprint density at radius 1 is 0.867 bits per heavy atom. The fourth-order valence-corrected chi connectivity index (χ4v) is 2.91. The predicted octanol–water partition coefficient (Wildman–Crippen LogP) is 5.10. The number of hydrazone groups is 1. The van der Waals surface area contributed by atoms with E-state index in [0.717, 1.165) is 16.7 Å². The normalized spacial score (nSPS) is 10.9. The molecule has 0 saturated heterocycles. The third-order valence-corrected chi connectivity index (χ3v) is 4.42. The molecule has 0 aromatic heterocycles. The molecule has 30 heavy (non-hydrogen) atoms. The lowest BCUT2D eigenvalue weighted by molar-refractivity contribution is -0.116. The number of hydrogen-bond acceptors (Lipinski definition) is 3. The maximum absolute atomic E-state index is 12.2. The fraction of sp³-hybridized carbons (Fsp3) is 0.160. The van der Waals surface area contributed by atoms with Crippen molar-refractivity contribution in [3.63, 3.8) is 0 Å². The van der Waals surface area contributed by atoms with Gasteiger partial charge in [-0.3, -0.25) is 9.59 Å². The first-order valence-electron chi connectivity index (χ1n) is 9.90. The van der Waals surface area contributed by atoms with E-state index in [9.17, 15) is 9.59 Å². The fourth-order valence-electron chi connectivity index (χ4n) is 2.91. The number of nitrogens with one attached hydrogen (secondary N) is 2. The molecule has 0 aliphatic rings. The Hall–Kier alpha value is -3.73. The third-order valence-electron chi connectivity index (χ3n) is 4.42. The van der Waals surface area contributed by atoms with Crippen LogP contribution in [-0.4, -0.2) is 18.0 Å². The zero-order valence-electron chi connectivity index (χ0n) is 17.1. The maximum Gasteiger partial charge on any atom is 0.271 e. The third kappa shape index (κ3) is 6.14. The average molecular weight is 399 g/mol. The highest BCUT2D eigenvalue weighted by atomic mass is 16.2. The van der Waals surface area contributed by atoms with Crippen molar-refractivity contribution in [2.24, 2.45) is 11.0 Å². The van der Waals surface area contributed by atoms with E-state index in [1.165, 1.54) is 0 Å². The van der Waals surface area contributed by atoms with E-state index in [1.54, 1.807) is 30.5 Å². The number of hydrogen-bond donors (Lipinski definition) is 2. The van der Waals surface area contributed by atoms with Gasteiger partial charge in [0.05, 0.1) is 6.21 Å². The molecule has 0 aliphatic carbocycles. The number of benzene rings is 3. The van der Waals surface area contributed by atoms with E-state index in [-0.39, 0.29) is 11.8 Å². The molecule has 5 nitrogen and oxygen atoms in total. The van der Waals surface area contributed by atoms with Crippen LogP contribution in [0.15, 0.2) is 84.0 Å². The van der Waals surface area contributed by atoms with Gasteiger partial charge in [-0.15, -0.1) is 0 Å². The highest BCUT2D eigenvalue weighted by Gasteiger charge is 2.07. The molecule has 2 amide bonds. The molecule has 2 N–H and O–H groups in total. The van der Waals surface area contributed by atoms with Crippen LogP contribution in [0.5, 0.6) is 0 Å². The van der Waals surface area contributed by atoms with Crippen molar-refractivity contribution in [1.29, 1.82) is 0 Å². The van der Waals surface area contributed by atoms with Crippen molar-refractivity contribution in [2.45, 2.75) is 20.3 Å². The van der Waals surface area contributed by atoms with Gasteiger partial charge in [0.15, 0.2) is 0 Å². The number of carbonyl (C=O) groups is 2. The quantitative estimate of drug-likeness (QED) is 0.428. The van der Waals surface area contributed by atoms with Crippen LogP contribution in [-0.2, 0) is 4.79 Å². The van der Waals surface area contributed by atoms with Crippen molar-refractivity contribution in [2.75, 3.05) is 5.32 Å². The number of rotatable bonds is 7. The highest BCUT2D eigenvalue weighted by Crippen LogP contribution is 2.18. The van der Waals surface area contributed by atoms with Gasteiger partial charge in [0.1, 0.15) is 0 Å². The summed E-state index contributed by atoms with van der Waals surface area (Å²) >= 11 is 0. The molecule has 0 heterocycles. The predicted molar refractivity (Wildman–Crippen MR) is 121 cm³/mol. The smallest absolute Gasteiger partial charge is 0.271 e. The SMILES string of the molecule is CC(C)CC(=O)Nc1ccc(C(=O)NN=Cc2ccc(-c3ccccc3)cc2)cc1. The van der Waals surface area contributed by atoms with E-state index >= 15 is 0 Å². The summed E-state index contributed by atoms with van der Waals surface area (Å²) in [6.07, 6.45) is 2.07. The molecule has 0 atom stereocenters.